The van der Waals surface area contributed by atoms with Crippen LogP contribution >= 0.6 is 0 Å². The second kappa shape index (κ2) is 5.07. The van der Waals surface area contributed by atoms with E-state index in [2.05, 4.69) is 4.98 Å². The van der Waals surface area contributed by atoms with Crippen LogP contribution in [0.5, 0.6) is 0 Å². The smallest absolute Gasteiger partial charge is 0.196 e. The van der Waals surface area contributed by atoms with Crippen LogP contribution < -0.4 is 0 Å². The lowest BCUT2D eigenvalue weighted by Gasteiger charge is -2.06. The van der Waals surface area contributed by atoms with Crippen molar-refractivity contribution >= 4 is 9.84 Å². The monoisotopic (exact) mass is 225 g/mol. The van der Waals surface area contributed by atoms with Crippen LogP contribution in [0.3, 0.4) is 0 Å². The molecule has 1 aromatic rings. The zero-order valence-electron chi connectivity index (χ0n) is 8.92. The summed E-state index contributed by atoms with van der Waals surface area (Å²) in [5, 5.41) is 0.154. The fourth-order valence-corrected chi connectivity index (χ4v) is 2.83. The van der Waals surface area contributed by atoms with Gasteiger partial charge in [-0.15, -0.1) is 0 Å². The molecule has 0 aromatic carbocycles. The maximum Gasteiger partial charge on any atom is 0.196 e. The summed E-state index contributed by atoms with van der Waals surface area (Å²) in [6, 6.07) is 4.91. The Morgan fingerprint density at radius 3 is 2.73 bits per heavy atom. The van der Waals surface area contributed by atoms with Crippen LogP contribution in [0, 0.1) is 5.92 Å². The van der Waals surface area contributed by atoms with E-state index in [1.54, 1.807) is 12.1 Å². The molecular weight excluding hydrogens is 210 g/mol. The lowest BCUT2D eigenvalue weighted by molar-refractivity contribution is 0.584. The molecule has 0 amide bonds. The molecule has 0 radical (unpaired) electrons. The summed E-state index contributed by atoms with van der Waals surface area (Å²) in [4.78, 5) is 3.85. The summed E-state index contributed by atoms with van der Waals surface area (Å²) in [7, 11) is -3.24. The minimum Gasteiger partial charge on any atom is -0.245 e. The Kier molecular flexibility index (Phi) is 4.03. The number of pyridine rings is 1. The Bertz CT molecular complexity index is 423. The molecule has 0 saturated carbocycles. The van der Waals surface area contributed by atoms with Crippen LogP contribution in [-0.4, -0.2) is 19.2 Å². The quantitative estimate of drug-likeness (QED) is 0.737. The van der Waals surface area contributed by atoms with Gasteiger partial charge in [-0.2, -0.15) is 0 Å². The fourth-order valence-electron chi connectivity index (χ4n) is 1.35. The van der Waals surface area contributed by atoms with Crippen LogP contribution in [0.1, 0.15) is 13.8 Å². The third-order valence-electron chi connectivity index (χ3n) is 1.96. The number of aromatic nitrogens is 1. The van der Waals surface area contributed by atoms with Gasteiger partial charge in [0.1, 0.15) is 0 Å². The fraction of sp³-hybridized carbons (Fsp3) is 0.364. The predicted octanol–water partition coefficient (Wildman–Crippen LogP) is 2.07. The third kappa shape index (κ3) is 3.47. The molecule has 0 aliphatic heterocycles. The summed E-state index contributed by atoms with van der Waals surface area (Å²) in [5.74, 6) is 0.121. The summed E-state index contributed by atoms with van der Waals surface area (Å²) >= 11 is 0. The first kappa shape index (κ1) is 11.9. The van der Waals surface area contributed by atoms with E-state index in [-0.39, 0.29) is 16.7 Å². The van der Waals surface area contributed by atoms with Crippen LogP contribution in [-0.2, 0) is 9.84 Å². The SMILES string of the molecule is C/C=C/[C@H](C)CS(=O)(=O)c1ccccn1. The molecule has 1 atom stereocenters. The highest BCUT2D eigenvalue weighted by Crippen LogP contribution is 2.11. The standard InChI is InChI=1S/C11H15NO2S/c1-3-6-10(2)9-15(13,14)11-7-4-5-8-12-11/h3-8,10H,9H2,1-2H3/b6-3+/t10-/m0/s1. The molecule has 15 heavy (non-hydrogen) atoms. The van der Waals surface area contributed by atoms with Crippen molar-refractivity contribution in [1.82, 2.24) is 4.98 Å². The third-order valence-corrected chi connectivity index (χ3v) is 3.80. The molecule has 3 nitrogen and oxygen atoms in total. The second-order valence-corrected chi connectivity index (χ2v) is 5.43. The van der Waals surface area contributed by atoms with Gasteiger partial charge >= 0.3 is 0 Å². The molecule has 0 N–H and O–H groups in total. The molecule has 0 spiro atoms. The van der Waals surface area contributed by atoms with Gasteiger partial charge < -0.3 is 0 Å². The number of rotatable bonds is 4. The number of hydrogen-bond acceptors (Lipinski definition) is 3. The summed E-state index contributed by atoms with van der Waals surface area (Å²) < 4.78 is 23.6. The summed E-state index contributed by atoms with van der Waals surface area (Å²) in [6.07, 6.45) is 5.23. The van der Waals surface area contributed by atoms with Crippen molar-refractivity contribution in [1.29, 1.82) is 0 Å². The van der Waals surface area contributed by atoms with Crippen molar-refractivity contribution in [2.75, 3.05) is 5.75 Å². The average Bonchev–Trinajstić information content (AvgIpc) is 2.18. The molecule has 0 aliphatic carbocycles. The first-order valence-corrected chi connectivity index (χ1v) is 6.48. The van der Waals surface area contributed by atoms with Gasteiger partial charge in [0.25, 0.3) is 0 Å². The largest absolute Gasteiger partial charge is 0.245 e. The van der Waals surface area contributed by atoms with Gasteiger partial charge in [0.2, 0.25) is 0 Å². The van der Waals surface area contributed by atoms with E-state index in [1.165, 1.54) is 12.3 Å². The summed E-state index contributed by atoms with van der Waals surface area (Å²) in [6.45, 7) is 3.75. The maximum absolute atomic E-state index is 11.8. The van der Waals surface area contributed by atoms with Gasteiger partial charge in [-0.3, -0.25) is 0 Å². The van der Waals surface area contributed by atoms with Crippen molar-refractivity contribution in [3.05, 3.63) is 36.5 Å². The maximum atomic E-state index is 11.8. The number of allylic oxidation sites excluding steroid dienone is 2. The Morgan fingerprint density at radius 2 is 2.20 bits per heavy atom. The lowest BCUT2D eigenvalue weighted by atomic mass is 10.2. The first-order chi connectivity index (χ1) is 7.06. The van der Waals surface area contributed by atoms with Gasteiger partial charge in [0, 0.05) is 6.20 Å². The predicted molar refractivity (Wildman–Crippen MR) is 60.3 cm³/mol. The molecule has 0 fully saturated rings. The van der Waals surface area contributed by atoms with Gasteiger partial charge in [0.15, 0.2) is 14.9 Å². The van der Waals surface area contributed by atoms with E-state index in [0.29, 0.717) is 0 Å². The molecule has 0 saturated heterocycles. The minimum absolute atomic E-state index is 0.0157. The highest BCUT2D eigenvalue weighted by Gasteiger charge is 2.17. The Labute approximate surface area is 90.8 Å². The van der Waals surface area contributed by atoms with E-state index in [0.717, 1.165) is 0 Å². The van der Waals surface area contributed by atoms with E-state index < -0.39 is 9.84 Å². The van der Waals surface area contributed by atoms with E-state index in [1.807, 2.05) is 26.0 Å². The topological polar surface area (TPSA) is 47.0 Å². The lowest BCUT2D eigenvalue weighted by Crippen LogP contribution is -2.13. The number of nitrogens with zero attached hydrogens (tertiary/aromatic N) is 1. The molecule has 1 aromatic heterocycles. The first-order valence-electron chi connectivity index (χ1n) is 4.83. The molecule has 1 rings (SSSR count). The molecule has 4 heteroatoms. The highest BCUT2D eigenvalue weighted by molar-refractivity contribution is 7.91. The van der Waals surface area contributed by atoms with Crippen LogP contribution in [0.2, 0.25) is 0 Å². The summed E-state index contributed by atoms with van der Waals surface area (Å²) in [5.41, 5.74) is 0. The molecule has 0 bridgehead atoms. The molecule has 0 aliphatic rings. The van der Waals surface area contributed by atoms with Gasteiger partial charge in [0.05, 0.1) is 5.75 Å². The Balaban J connectivity index is 2.86. The van der Waals surface area contributed by atoms with Gasteiger partial charge in [-0.05, 0) is 25.0 Å². The van der Waals surface area contributed by atoms with Crippen molar-refractivity contribution in [3.8, 4) is 0 Å². The highest BCUT2D eigenvalue weighted by atomic mass is 32.2. The average molecular weight is 225 g/mol. The van der Waals surface area contributed by atoms with Crippen molar-refractivity contribution < 1.29 is 8.42 Å². The molecule has 0 unspecified atom stereocenters. The van der Waals surface area contributed by atoms with Crippen molar-refractivity contribution in [3.63, 3.8) is 0 Å². The number of sulfone groups is 1. The second-order valence-electron chi connectivity index (χ2n) is 3.45. The van der Waals surface area contributed by atoms with Crippen LogP contribution in [0.4, 0.5) is 0 Å². The molecular formula is C11H15NO2S. The van der Waals surface area contributed by atoms with Crippen LogP contribution in [0.15, 0.2) is 41.6 Å². The van der Waals surface area contributed by atoms with E-state index in [4.69, 9.17) is 0 Å². The van der Waals surface area contributed by atoms with E-state index >= 15 is 0 Å². The zero-order valence-corrected chi connectivity index (χ0v) is 9.74. The molecule has 1 heterocycles. The van der Waals surface area contributed by atoms with Gasteiger partial charge in [-0.25, -0.2) is 13.4 Å². The zero-order chi connectivity index (χ0) is 11.3. The van der Waals surface area contributed by atoms with Crippen molar-refractivity contribution in [2.45, 2.75) is 18.9 Å². The van der Waals surface area contributed by atoms with Crippen LogP contribution in [0.25, 0.3) is 0 Å². The molecule has 82 valence electrons. The van der Waals surface area contributed by atoms with E-state index in [9.17, 15) is 8.42 Å². The number of hydrogen-bond donors (Lipinski definition) is 0. The Morgan fingerprint density at radius 1 is 1.47 bits per heavy atom. The Hall–Kier alpha value is -1.16. The van der Waals surface area contributed by atoms with Gasteiger partial charge in [-0.1, -0.05) is 25.1 Å². The minimum atomic E-state index is -3.24. The normalized spacial score (nSPS) is 14.3. The van der Waals surface area contributed by atoms with Crippen molar-refractivity contribution in [2.24, 2.45) is 5.92 Å².